The Morgan fingerprint density at radius 2 is 1.92 bits per heavy atom. The van der Waals surface area contributed by atoms with Crippen LogP contribution in [-0.4, -0.2) is 45.3 Å². The number of amides is 2. The lowest BCUT2D eigenvalue weighted by Crippen LogP contribution is -2.50. The molecule has 0 aliphatic carbocycles. The van der Waals surface area contributed by atoms with Gasteiger partial charge in [0.15, 0.2) is 0 Å². The van der Waals surface area contributed by atoms with Gasteiger partial charge in [0.25, 0.3) is 0 Å². The lowest BCUT2D eigenvalue weighted by atomic mass is 9.64. The van der Waals surface area contributed by atoms with Crippen molar-refractivity contribution in [3.63, 3.8) is 0 Å². The van der Waals surface area contributed by atoms with E-state index in [4.69, 9.17) is 5.73 Å². The van der Waals surface area contributed by atoms with Crippen LogP contribution in [0.1, 0.15) is 29.3 Å². The third kappa shape index (κ3) is 2.84. The van der Waals surface area contributed by atoms with E-state index >= 15 is 0 Å². The van der Waals surface area contributed by atoms with Gasteiger partial charge in [-0.25, -0.2) is 4.79 Å². The Kier molecular flexibility index (Phi) is 4.48. The Morgan fingerprint density at radius 1 is 1.25 bits per heavy atom. The van der Waals surface area contributed by atoms with E-state index in [2.05, 4.69) is 10.2 Å². The molecule has 1 unspecified atom stereocenters. The summed E-state index contributed by atoms with van der Waals surface area (Å²) >= 11 is 1.30. The van der Waals surface area contributed by atoms with Gasteiger partial charge in [-0.05, 0) is 18.4 Å². The van der Waals surface area contributed by atoms with E-state index in [-0.39, 0.29) is 0 Å². The molecule has 1 fully saturated rings. The van der Waals surface area contributed by atoms with Gasteiger partial charge in [-0.15, -0.1) is 21.5 Å². The first-order valence-electron chi connectivity index (χ1n) is 7.63. The number of aromatic nitrogens is 2. The van der Waals surface area contributed by atoms with Gasteiger partial charge < -0.3 is 15.7 Å². The Balaban J connectivity index is 2.06. The van der Waals surface area contributed by atoms with E-state index in [0.29, 0.717) is 30.9 Å². The second-order valence-corrected chi connectivity index (χ2v) is 6.77. The number of nitrogens with two attached hydrogens (primary N) is 1. The van der Waals surface area contributed by atoms with E-state index in [1.54, 1.807) is 5.51 Å². The Labute approximate surface area is 143 Å². The zero-order valence-corrected chi connectivity index (χ0v) is 13.8. The SMILES string of the molecule is NC(=O)C(c1nncs1)C1(c2ccccc2)CCN(C(=O)O)CC1. The van der Waals surface area contributed by atoms with Crippen LogP contribution in [0.5, 0.6) is 0 Å². The van der Waals surface area contributed by atoms with Gasteiger partial charge in [0.1, 0.15) is 16.4 Å². The molecule has 2 heterocycles. The first-order valence-corrected chi connectivity index (χ1v) is 8.51. The third-order valence-corrected chi connectivity index (χ3v) is 5.49. The molecule has 1 aliphatic heterocycles. The summed E-state index contributed by atoms with van der Waals surface area (Å²) in [5.74, 6) is -1.08. The molecule has 1 aromatic carbocycles. The summed E-state index contributed by atoms with van der Waals surface area (Å²) in [5, 5.41) is 17.7. The standard InChI is InChI=1S/C16H18N4O3S/c17-13(21)12(14-19-18-10-24-14)16(11-4-2-1-3-5-11)6-8-20(9-7-16)15(22)23/h1-5,10,12H,6-9H2,(H2,17,21)(H,22,23). The van der Waals surface area contributed by atoms with Crippen LogP contribution in [0, 0.1) is 0 Å². The topological polar surface area (TPSA) is 109 Å². The number of hydrogen-bond donors (Lipinski definition) is 2. The number of hydrogen-bond acceptors (Lipinski definition) is 5. The maximum atomic E-state index is 12.3. The van der Waals surface area contributed by atoms with Crippen molar-refractivity contribution in [2.24, 2.45) is 5.73 Å². The van der Waals surface area contributed by atoms with Crippen LogP contribution in [0.3, 0.4) is 0 Å². The first kappa shape index (κ1) is 16.4. The van der Waals surface area contributed by atoms with Crippen molar-refractivity contribution in [2.75, 3.05) is 13.1 Å². The number of primary amides is 1. The largest absolute Gasteiger partial charge is 0.465 e. The molecule has 1 aliphatic rings. The summed E-state index contributed by atoms with van der Waals surface area (Å²) in [6.07, 6.45) is 0.0794. The van der Waals surface area contributed by atoms with Gasteiger partial charge in [-0.2, -0.15) is 0 Å². The number of nitrogens with zero attached hydrogens (tertiary/aromatic N) is 3. The molecular formula is C16H18N4O3S. The maximum absolute atomic E-state index is 12.3. The fraction of sp³-hybridized carbons (Fsp3) is 0.375. The summed E-state index contributed by atoms with van der Waals surface area (Å²) in [7, 11) is 0. The Hall–Kier alpha value is -2.48. The fourth-order valence-electron chi connectivity index (χ4n) is 3.55. The molecule has 0 bridgehead atoms. The van der Waals surface area contributed by atoms with E-state index in [1.807, 2.05) is 30.3 Å². The van der Waals surface area contributed by atoms with Gasteiger partial charge in [0, 0.05) is 18.5 Å². The van der Waals surface area contributed by atoms with E-state index in [1.165, 1.54) is 16.2 Å². The van der Waals surface area contributed by atoms with Crippen molar-refractivity contribution in [1.82, 2.24) is 15.1 Å². The quantitative estimate of drug-likeness (QED) is 0.877. The van der Waals surface area contributed by atoms with Crippen molar-refractivity contribution in [3.8, 4) is 0 Å². The van der Waals surface area contributed by atoms with Gasteiger partial charge >= 0.3 is 6.09 Å². The van der Waals surface area contributed by atoms with E-state index < -0.39 is 23.3 Å². The molecule has 1 aromatic heterocycles. The van der Waals surface area contributed by atoms with E-state index in [9.17, 15) is 14.7 Å². The summed E-state index contributed by atoms with van der Waals surface area (Å²) in [5.41, 5.74) is 7.74. The Bertz CT molecular complexity index is 712. The lowest BCUT2D eigenvalue weighted by Gasteiger charge is -2.44. The molecule has 1 atom stereocenters. The van der Waals surface area contributed by atoms with Gasteiger partial charge in [-0.1, -0.05) is 30.3 Å². The van der Waals surface area contributed by atoms with Crippen molar-refractivity contribution >= 4 is 23.3 Å². The average Bonchev–Trinajstić information content (AvgIpc) is 3.09. The van der Waals surface area contributed by atoms with Crippen LogP contribution in [0.25, 0.3) is 0 Å². The molecule has 3 N–H and O–H groups in total. The molecule has 24 heavy (non-hydrogen) atoms. The highest BCUT2D eigenvalue weighted by Crippen LogP contribution is 2.47. The van der Waals surface area contributed by atoms with Crippen LogP contribution in [0.2, 0.25) is 0 Å². The zero-order valence-electron chi connectivity index (χ0n) is 13.0. The van der Waals surface area contributed by atoms with Crippen LogP contribution in [-0.2, 0) is 10.2 Å². The molecule has 126 valence electrons. The van der Waals surface area contributed by atoms with Crippen molar-refractivity contribution in [3.05, 3.63) is 46.4 Å². The molecule has 0 saturated carbocycles. The van der Waals surface area contributed by atoms with Gasteiger partial charge in [0.2, 0.25) is 5.91 Å². The first-order chi connectivity index (χ1) is 11.5. The number of piperidine rings is 1. The lowest BCUT2D eigenvalue weighted by molar-refractivity contribution is -0.121. The average molecular weight is 346 g/mol. The fourth-order valence-corrected chi connectivity index (χ4v) is 4.32. The number of benzene rings is 1. The van der Waals surface area contributed by atoms with Crippen LogP contribution < -0.4 is 5.73 Å². The highest BCUT2D eigenvalue weighted by atomic mass is 32.1. The van der Waals surface area contributed by atoms with E-state index in [0.717, 1.165) is 5.56 Å². The molecule has 2 aromatic rings. The molecule has 1 saturated heterocycles. The van der Waals surface area contributed by atoms with Crippen LogP contribution >= 0.6 is 11.3 Å². The number of carboxylic acid groups (broad SMARTS) is 1. The second-order valence-electron chi connectivity index (χ2n) is 5.90. The number of carbonyl (C=O) groups excluding carboxylic acids is 1. The number of likely N-dealkylation sites (tertiary alicyclic amines) is 1. The van der Waals surface area contributed by atoms with Crippen LogP contribution in [0.4, 0.5) is 4.79 Å². The minimum Gasteiger partial charge on any atom is -0.465 e. The van der Waals surface area contributed by atoms with Crippen LogP contribution in [0.15, 0.2) is 35.8 Å². The molecular weight excluding hydrogens is 328 g/mol. The molecule has 3 rings (SSSR count). The molecule has 2 amide bonds. The summed E-state index contributed by atoms with van der Waals surface area (Å²) in [6, 6.07) is 9.67. The highest BCUT2D eigenvalue weighted by Gasteiger charge is 2.48. The highest BCUT2D eigenvalue weighted by molar-refractivity contribution is 7.09. The summed E-state index contributed by atoms with van der Waals surface area (Å²) in [6.45, 7) is 0.708. The van der Waals surface area contributed by atoms with Gasteiger partial charge in [0.05, 0.1) is 0 Å². The Morgan fingerprint density at radius 3 is 2.42 bits per heavy atom. The summed E-state index contributed by atoms with van der Waals surface area (Å²) in [4.78, 5) is 24.9. The summed E-state index contributed by atoms with van der Waals surface area (Å²) < 4.78 is 0. The molecule has 8 heteroatoms. The van der Waals surface area contributed by atoms with Crippen molar-refractivity contribution < 1.29 is 14.7 Å². The molecule has 0 radical (unpaired) electrons. The molecule has 7 nitrogen and oxygen atoms in total. The van der Waals surface area contributed by atoms with Gasteiger partial charge in [-0.3, -0.25) is 4.79 Å². The van der Waals surface area contributed by atoms with Crippen molar-refractivity contribution in [1.29, 1.82) is 0 Å². The predicted molar refractivity (Wildman–Crippen MR) is 88.8 cm³/mol. The monoisotopic (exact) mass is 346 g/mol. The normalized spacial score (nSPS) is 18.1. The minimum absolute atomic E-state index is 0.354. The molecule has 0 spiro atoms. The predicted octanol–water partition coefficient (Wildman–Crippen LogP) is 1.82. The zero-order chi connectivity index (χ0) is 17.2. The number of rotatable bonds is 4. The smallest absolute Gasteiger partial charge is 0.407 e. The van der Waals surface area contributed by atoms with Crippen molar-refractivity contribution in [2.45, 2.75) is 24.2 Å². The number of carbonyl (C=O) groups is 2. The minimum atomic E-state index is -0.941. The second kappa shape index (κ2) is 6.56. The maximum Gasteiger partial charge on any atom is 0.407 e. The third-order valence-electron chi connectivity index (χ3n) is 4.74.